The Balaban J connectivity index is 1.73. The van der Waals surface area contributed by atoms with Crippen molar-refractivity contribution in [2.75, 3.05) is 4.90 Å². The molecule has 0 radical (unpaired) electrons. The zero-order chi connectivity index (χ0) is 17.6. The van der Waals surface area contributed by atoms with E-state index >= 15 is 0 Å². The number of thiophene rings is 1. The van der Waals surface area contributed by atoms with Crippen LogP contribution in [0.2, 0.25) is 0 Å². The predicted molar refractivity (Wildman–Crippen MR) is 114 cm³/mol. The van der Waals surface area contributed by atoms with Gasteiger partial charge in [0.25, 0.3) is 0 Å². The molecular formula is C24H19NS. The van der Waals surface area contributed by atoms with Crippen LogP contribution in [0.1, 0.15) is 11.1 Å². The first-order valence-corrected chi connectivity index (χ1v) is 9.55. The summed E-state index contributed by atoms with van der Waals surface area (Å²) in [5.41, 5.74) is 5.87. The van der Waals surface area contributed by atoms with Crippen LogP contribution in [0.5, 0.6) is 0 Å². The van der Waals surface area contributed by atoms with E-state index in [-0.39, 0.29) is 0 Å². The molecule has 1 nitrogen and oxygen atoms in total. The fourth-order valence-corrected chi connectivity index (χ4v) is 3.56. The van der Waals surface area contributed by atoms with Gasteiger partial charge in [-0.1, -0.05) is 60.7 Å². The van der Waals surface area contributed by atoms with E-state index in [4.69, 9.17) is 0 Å². The molecule has 0 saturated heterocycles. The van der Waals surface area contributed by atoms with E-state index in [0.29, 0.717) is 0 Å². The Kier molecular flexibility index (Phi) is 4.95. The maximum Gasteiger partial charge on any atom is 0.0467 e. The van der Waals surface area contributed by atoms with Crippen LogP contribution in [0.25, 0.3) is 12.2 Å². The first-order chi connectivity index (χ1) is 12.9. The minimum Gasteiger partial charge on any atom is -0.310 e. The van der Waals surface area contributed by atoms with Crippen LogP contribution in [0, 0.1) is 0 Å². The third-order valence-electron chi connectivity index (χ3n) is 4.17. The lowest BCUT2D eigenvalue weighted by atomic mass is 10.1. The van der Waals surface area contributed by atoms with Gasteiger partial charge in [-0.3, -0.25) is 0 Å². The van der Waals surface area contributed by atoms with Gasteiger partial charge < -0.3 is 4.90 Å². The molecule has 0 saturated carbocycles. The van der Waals surface area contributed by atoms with Crippen LogP contribution in [-0.2, 0) is 0 Å². The van der Waals surface area contributed by atoms with Crippen molar-refractivity contribution in [2.45, 2.75) is 0 Å². The Labute approximate surface area is 158 Å². The minimum atomic E-state index is 1.15. The zero-order valence-electron chi connectivity index (χ0n) is 14.3. The van der Waals surface area contributed by atoms with Crippen LogP contribution in [0.4, 0.5) is 17.1 Å². The Bertz CT molecular complexity index is 934. The second kappa shape index (κ2) is 7.85. The molecule has 4 rings (SSSR count). The largest absolute Gasteiger partial charge is 0.310 e. The Morgan fingerprint density at radius 2 is 1.19 bits per heavy atom. The van der Waals surface area contributed by atoms with Crippen molar-refractivity contribution in [3.05, 3.63) is 113 Å². The summed E-state index contributed by atoms with van der Waals surface area (Å²) >= 11 is 1.72. The van der Waals surface area contributed by atoms with Gasteiger partial charge in [0.05, 0.1) is 0 Å². The molecule has 0 aliphatic carbocycles. The maximum absolute atomic E-state index is 2.28. The van der Waals surface area contributed by atoms with Crippen LogP contribution in [0.15, 0.2) is 102 Å². The van der Waals surface area contributed by atoms with Gasteiger partial charge in [0.2, 0.25) is 0 Å². The average molecular weight is 353 g/mol. The molecule has 2 heteroatoms. The lowest BCUT2D eigenvalue weighted by molar-refractivity contribution is 1.28. The molecule has 0 unspecified atom stereocenters. The van der Waals surface area contributed by atoms with Gasteiger partial charge in [-0.05, 0) is 64.4 Å². The molecule has 0 fully saturated rings. The van der Waals surface area contributed by atoms with Crippen LogP contribution >= 0.6 is 11.3 Å². The standard InChI is InChI=1S/C24H19NS/c1-3-9-22(10-4-1)25(23-11-5-2-6-12-23)24-13-7-8-20(18-24)14-15-21-16-17-26-19-21/h1-19H/b15-14+. The van der Waals surface area contributed by atoms with Crippen LogP contribution in [0.3, 0.4) is 0 Å². The molecule has 3 aromatic carbocycles. The maximum atomic E-state index is 2.28. The number of anilines is 3. The molecule has 0 spiro atoms. The van der Waals surface area contributed by atoms with Gasteiger partial charge in [-0.15, -0.1) is 0 Å². The van der Waals surface area contributed by atoms with Gasteiger partial charge in [-0.25, -0.2) is 0 Å². The van der Waals surface area contributed by atoms with Gasteiger partial charge in [0.1, 0.15) is 0 Å². The number of hydrogen-bond donors (Lipinski definition) is 0. The van der Waals surface area contributed by atoms with Crippen LogP contribution in [-0.4, -0.2) is 0 Å². The predicted octanol–water partition coefficient (Wildman–Crippen LogP) is 7.39. The summed E-state index contributed by atoms with van der Waals surface area (Å²) in [6.07, 6.45) is 4.32. The smallest absolute Gasteiger partial charge is 0.0467 e. The molecule has 1 heterocycles. The van der Waals surface area contributed by atoms with E-state index in [1.807, 2.05) is 12.1 Å². The highest BCUT2D eigenvalue weighted by atomic mass is 32.1. The summed E-state index contributed by atoms with van der Waals surface area (Å²) in [7, 11) is 0. The highest BCUT2D eigenvalue weighted by Crippen LogP contribution is 2.34. The Morgan fingerprint density at radius 3 is 1.81 bits per heavy atom. The van der Waals surface area contributed by atoms with E-state index in [2.05, 4.69) is 107 Å². The van der Waals surface area contributed by atoms with Crippen molar-refractivity contribution in [3.63, 3.8) is 0 Å². The van der Waals surface area contributed by atoms with Crippen molar-refractivity contribution in [3.8, 4) is 0 Å². The molecule has 0 amide bonds. The summed E-state index contributed by atoms with van der Waals surface area (Å²) in [6.45, 7) is 0. The summed E-state index contributed by atoms with van der Waals surface area (Å²) in [5, 5.41) is 4.25. The Hall–Kier alpha value is -3.10. The SMILES string of the molecule is C(=C\c1cccc(N(c2ccccc2)c2ccccc2)c1)/c1ccsc1. The zero-order valence-corrected chi connectivity index (χ0v) is 15.1. The Morgan fingerprint density at radius 1 is 0.577 bits per heavy atom. The third-order valence-corrected chi connectivity index (χ3v) is 4.87. The number of nitrogens with zero attached hydrogens (tertiary/aromatic N) is 1. The summed E-state index contributed by atoms with van der Waals surface area (Å²) in [4.78, 5) is 2.28. The van der Waals surface area contributed by atoms with E-state index in [1.54, 1.807) is 11.3 Å². The first-order valence-electron chi connectivity index (χ1n) is 8.61. The topological polar surface area (TPSA) is 3.24 Å². The monoisotopic (exact) mass is 353 g/mol. The van der Waals surface area contributed by atoms with Gasteiger partial charge in [0.15, 0.2) is 0 Å². The third kappa shape index (κ3) is 3.76. The van der Waals surface area contributed by atoms with Gasteiger partial charge >= 0.3 is 0 Å². The number of rotatable bonds is 5. The molecule has 0 aliphatic heterocycles. The summed E-state index contributed by atoms with van der Waals surface area (Å²) < 4.78 is 0. The molecule has 4 aromatic rings. The molecule has 0 bridgehead atoms. The molecule has 0 atom stereocenters. The fourth-order valence-electron chi connectivity index (χ4n) is 2.93. The van der Waals surface area contributed by atoms with E-state index in [1.165, 1.54) is 11.1 Å². The molecule has 126 valence electrons. The molecule has 26 heavy (non-hydrogen) atoms. The lowest BCUT2D eigenvalue weighted by Gasteiger charge is -2.25. The fraction of sp³-hybridized carbons (Fsp3) is 0. The second-order valence-electron chi connectivity index (χ2n) is 5.99. The van der Waals surface area contributed by atoms with E-state index in [0.717, 1.165) is 17.1 Å². The van der Waals surface area contributed by atoms with E-state index in [9.17, 15) is 0 Å². The van der Waals surface area contributed by atoms with Crippen LogP contribution < -0.4 is 4.90 Å². The van der Waals surface area contributed by atoms with Crippen molar-refractivity contribution in [1.29, 1.82) is 0 Å². The second-order valence-corrected chi connectivity index (χ2v) is 6.77. The number of hydrogen-bond acceptors (Lipinski definition) is 2. The average Bonchev–Trinajstić information content (AvgIpc) is 3.22. The van der Waals surface area contributed by atoms with Crippen molar-refractivity contribution in [1.82, 2.24) is 0 Å². The molecule has 1 aromatic heterocycles. The highest BCUT2D eigenvalue weighted by molar-refractivity contribution is 7.08. The van der Waals surface area contributed by atoms with Crippen molar-refractivity contribution < 1.29 is 0 Å². The van der Waals surface area contributed by atoms with Crippen molar-refractivity contribution in [2.24, 2.45) is 0 Å². The molecule has 0 N–H and O–H groups in total. The van der Waals surface area contributed by atoms with E-state index < -0.39 is 0 Å². The van der Waals surface area contributed by atoms with Gasteiger partial charge in [0, 0.05) is 17.1 Å². The summed E-state index contributed by atoms with van der Waals surface area (Å²) in [5.74, 6) is 0. The number of para-hydroxylation sites is 2. The quantitative estimate of drug-likeness (QED) is 0.361. The summed E-state index contributed by atoms with van der Waals surface area (Å²) in [6, 6.07) is 31.7. The van der Waals surface area contributed by atoms with Gasteiger partial charge in [-0.2, -0.15) is 11.3 Å². The first kappa shape index (κ1) is 16.4. The minimum absolute atomic E-state index is 1.15. The number of benzene rings is 3. The normalized spacial score (nSPS) is 10.9. The van der Waals surface area contributed by atoms with Crippen molar-refractivity contribution >= 4 is 40.6 Å². The highest BCUT2D eigenvalue weighted by Gasteiger charge is 2.11. The lowest BCUT2D eigenvalue weighted by Crippen LogP contribution is -2.09. The molecule has 0 aliphatic rings. The molecular weight excluding hydrogens is 334 g/mol.